The second kappa shape index (κ2) is 7.32. The molecule has 1 heterocycles. The highest BCUT2D eigenvalue weighted by Crippen LogP contribution is 2.12. The van der Waals surface area contributed by atoms with E-state index in [1.54, 1.807) is 23.8 Å². The van der Waals surface area contributed by atoms with Crippen molar-refractivity contribution in [3.8, 4) is 17.6 Å². The van der Waals surface area contributed by atoms with Crippen LogP contribution in [-0.2, 0) is 6.54 Å². The minimum absolute atomic E-state index is 0.00339. The Morgan fingerprint density at radius 3 is 2.95 bits per heavy atom. The largest absolute Gasteiger partial charge is 0.492 e. The van der Waals surface area contributed by atoms with Gasteiger partial charge < -0.3 is 14.4 Å². The zero-order valence-corrected chi connectivity index (χ0v) is 11.9. The molecule has 0 saturated carbocycles. The number of ether oxygens (including phenoxy) is 1. The summed E-state index contributed by atoms with van der Waals surface area (Å²) in [6.45, 7) is 2.53. The second-order valence-corrected chi connectivity index (χ2v) is 4.53. The van der Waals surface area contributed by atoms with Crippen LogP contribution in [0.15, 0.2) is 47.4 Å². The van der Waals surface area contributed by atoms with E-state index in [-0.39, 0.29) is 12.2 Å². The normalized spacial score (nSPS) is 9.81. The number of rotatable bonds is 4. The van der Waals surface area contributed by atoms with Gasteiger partial charge in [-0.1, -0.05) is 24.0 Å². The molecule has 1 aromatic heterocycles. The van der Waals surface area contributed by atoms with Crippen molar-refractivity contribution in [3.63, 3.8) is 0 Å². The summed E-state index contributed by atoms with van der Waals surface area (Å²) in [6.07, 6.45) is 1.75. The molecule has 2 aromatic rings. The topological polar surface area (TPSA) is 51.5 Å². The summed E-state index contributed by atoms with van der Waals surface area (Å²) in [6, 6.07) is 11.0. The Kier molecular flexibility index (Phi) is 5.19. The zero-order chi connectivity index (χ0) is 15.1. The monoisotopic (exact) mass is 283 g/mol. The average molecular weight is 283 g/mol. The van der Waals surface area contributed by atoms with Crippen LogP contribution in [0.3, 0.4) is 0 Å². The Morgan fingerprint density at radius 2 is 2.14 bits per heavy atom. The van der Waals surface area contributed by atoms with Gasteiger partial charge >= 0.3 is 0 Å². The van der Waals surface area contributed by atoms with Gasteiger partial charge in [0, 0.05) is 17.3 Å². The van der Waals surface area contributed by atoms with Crippen LogP contribution in [0, 0.1) is 18.8 Å². The van der Waals surface area contributed by atoms with Crippen LogP contribution in [-0.4, -0.2) is 22.9 Å². The molecule has 4 nitrogen and oxygen atoms in total. The van der Waals surface area contributed by atoms with E-state index in [1.807, 2.05) is 30.3 Å². The lowest BCUT2D eigenvalue weighted by Gasteiger charge is -2.09. The molecule has 21 heavy (non-hydrogen) atoms. The van der Waals surface area contributed by atoms with Crippen molar-refractivity contribution in [2.45, 2.75) is 13.5 Å². The molecule has 0 aliphatic carbocycles. The van der Waals surface area contributed by atoms with Gasteiger partial charge in [-0.15, -0.1) is 0 Å². The minimum Gasteiger partial charge on any atom is -0.492 e. The molecule has 108 valence electrons. The van der Waals surface area contributed by atoms with Crippen LogP contribution in [0.2, 0.25) is 0 Å². The number of pyridine rings is 1. The van der Waals surface area contributed by atoms with Crippen LogP contribution in [0.25, 0.3) is 0 Å². The molecule has 0 unspecified atom stereocenters. The van der Waals surface area contributed by atoms with Crippen molar-refractivity contribution in [1.29, 1.82) is 0 Å². The molecular weight excluding hydrogens is 266 g/mol. The maximum absolute atomic E-state index is 11.8. The van der Waals surface area contributed by atoms with Crippen LogP contribution >= 0.6 is 0 Å². The number of hydrogen-bond donors (Lipinski definition) is 1. The molecule has 0 atom stereocenters. The van der Waals surface area contributed by atoms with Gasteiger partial charge in [-0.25, -0.2) is 0 Å². The second-order valence-electron chi connectivity index (χ2n) is 4.53. The van der Waals surface area contributed by atoms with Gasteiger partial charge in [0.1, 0.15) is 19.0 Å². The first-order chi connectivity index (χ1) is 10.2. The highest BCUT2D eigenvalue weighted by molar-refractivity contribution is 5.39. The van der Waals surface area contributed by atoms with Crippen LogP contribution in [0.4, 0.5) is 0 Å². The van der Waals surface area contributed by atoms with Gasteiger partial charge in [-0.3, -0.25) is 4.79 Å². The fourth-order valence-corrected chi connectivity index (χ4v) is 1.90. The van der Waals surface area contributed by atoms with E-state index in [1.165, 1.54) is 0 Å². The molecule has 0 aliphatic heterocycles. The molecule has 0 aliphatic rings. The van der Waals surface area contributed by atoms with Gasteiger partial charge in [0.25, 0.3) is 5.56 Å². The fourth-order valence-electron chi connectivity index (χ4n) is 1.90. The highest BCUT2D eigenvalue weighted by Gasteiger charge is 1.99. The van der Waals surface area contributed by atoms with Crippen LogP contribution in [0.1, 0.15) is 11.1 Å². The van der Waals surface area contributed by atoms with Crippen LogP contribution < -0.4 is 10.3 Å². The third-order valence-corrected chi connectivity index (χ3v) is 2.96. The third kappa shape index (κ3) is 4.23. The molecule has 0 saturated heterocycles. The zero-order valence-electron chi connectivity index (χ0n) is 11.9. The van der Waals surface area contributed by atoms with E-state index in [0.29, 0.717) is 18.9 Å². The number of benzene rings is 1. The SMILES string of the molecule is Cc1cccn(CCOc2cccc(C#CCO)c2)c1=O. The standard InChI is InChI=1S/C17H17NO3/c1-14-5-3-9-18(17(14)20)10-12-21-16-8-2-6-15(13-16)7-4-11-19/h2-3,5-6,8-9,13,19H,10-12H2,1H3. The van der Waals surface area contributed by atoms with Crippen LogP contribution in [0.5, 0.6) is 5.75 Å². The number of nitrogens with zero attached hydrogens (tertiary/aromatic N) is 1. The molecule has 2 rings (SSSR count). The Balaban J connectivity index is 1.97. The lowest BCUT2D eigenvalue weighted by atomic mass is 10.2. The van der Waals surface area contributed by atoms with Gasteiger partial charge in [0.2, 0.25) is 0 Å². The van der Waals surface area contributed by atoms with E-state index < -0.39 is 0 Å². The van der Waals surface area contributed by atoms with Crippen molar-refractivity contribution < 1.29 is 9.84 Å². The molecule has 1 N–H and O–H groups in total. The van der Waals surface area contributed by atoms with Gasteiger partial charge in [-0.05, 0) is 31.2 Å². The van der Waals surface area contributed by atoms with E-state index >= 15 is 0 Å². The van der Waals surface area contributed by atoms with Crippen molar-refractivity contribution in [1.82, 2.24) is 4.57 Å². The highest BCUT2D eigenvalue weighted by atomic mass is 16.5. The summed E-state index contributed by atoms with van der Waals surface area (Å²) in [5, 5.41) is 8.68. The molecule has 0 spiro atoms. The maximum Gasteiger partial charge on any atom is 0.253 e. The summed E-state index contributed by atoms with van der Waals surface area (Å²) in [5.41, 5.74) is 1.51. The Labute approximate surface area is 123 Å². The molecular formula is C17H17NO3. The summed E-state index contributed by atoms with van der Waals surface area (Å²) in [4.78, 5) is 11.8. The number of aliphatic hydroxyl groups is 1. The Bertz CT molecular complexity index is 723. The molecule has 0 fully saturated rings. The predicted molar refractivity (Wildman–Crippen MR) is 81.3 cm³/mol. The van der Waals surface area contributed by atoms with Crippen molar-refractivity contribution >= 4 is 0 Å². The minimum atomic E-state index is -0.165. The number of aromatic nitrogens is 1. The van der Waals surface area contributed by atoms with Crippen molar-refractivity contribution in [2.75, 3.05) is 13.2 Å². The number of hydrogen-bond acceptors (Lipinski definition) is 3. The quantitative estimate of drug-likeness (QED) is 0.867. The van der Waals surface area contributed by atoms with E-state index in [4.69, 9.17) is 9.84 Å². The molecule has 1 aromatic carbocycles. The van der Waals surface area contributed by atoms with Crippen molar-refractivity contribution in [2.24, 2.45) is 0 Å². The lowest BCUT2D eigenvalue weighted by molar-refractivity contribution is 0.296. The Hall–Kier alpha value is -2.51. The summed E-state index contributed by atoms with van der Waals surface area (Å²) < 4.78 is 7.27. The first-order valence-corrected chi connectivity index (χ1v) is 6.69. The summed E-state index contributed by atoms with van der Waals surface area (Å²) in [7, 11) is 0. The smallest absolute Gasteiger partial charge is 0.253 e. The first-order valence-electron chi connectivity index (χ1n) is 6.69. The van der Waals surface area contributed by atoms with E-state index in [0.717, 1.165) is 11.1 Å². The van der Waals surface area contributed by atoms with Gasteiger partial charge in [0.15, 0.2) is 0 Å². The van der Waals surface area contributed by atoms with Crippen molar-refractivity contribution in [3.05, 3.63) is 64.1 Å². The van der Waals surface area contributed by atoms with E-state index in [2.05, 4.69) is 11.8 Å². The maximum atomic E-state index is 11.8. The number of aliphatic hydroxyl groups excluding tert-OH is 1. The molecule has 0 amide bonds. The average Bonchev–Trinajstić information content (AvgIpc) is 2.50. The third-order valence-electron chi connectivity index (χ3n) is 2.96. The fraction of sp³-hybridized carbons (Fsp3) is 0.235. The lowest BCUT2D eigenvalue weighted by Crippen LogP contribution is -2.23. The predicted octanol–water partition coefficient (Wildman–Crippen LogP) is 1.58. The number of aryl methyl sites for hydroxylation is 1. The Morgan fingerprint density at radius 1 is 1.29 bits per heavy atom. The summed E-state index contributed by atoms with van der Waals surface area (Å²) >= 11 is 0. The first kappa shape index (κ1) is 14.9. The summed E-state index contributed by atoms with van der Waals surface area (Å²) in [5.74, 6) is 6.11. The molecule has 0 radical (unpaired) electrons. The molecule has 4 heteroatoms. The van der Waals surface area contributed by atoms with Gasteiger partial charge in [-0.2, -0.15) is 0 Å². The van der Waals surface area contributed by atoms with Gasteiger partial charge in [0.05, 0.1) is 6.54 Å². The molecule has 0 bridgehead atoms. The van der Waals surface area contributed by atoms with E-state index in [9.17, 15) is 4.79 Å².